The topological polar surface area (TPSA) is 72.1 Å². The quantitative estimate of drug-likeness (QED) is 0.434. The number of rotatable bonds is 5. The molecule has 2 rings (SSSR count). The van der Waals surface area contributed by atoms with E-state index in [-0.39, 0.29) is 24.0 Å². The number of likely N-dealkylation sites (N-methyl/N-ethyl adjacent to an activating group) is 1. The minimum atomic E-state index is 0. The third kappa shape index (κ3) is 5.88. The summed E-state index contributed by atoms with van der Waals surface area (Å²) in [5.41, 5.74) is 6.74. The van der Waals surface area contributed by atoms with Crippen molar-refractivity contribution in [1.82, 2.24) is 4.90 Å². The maximum atomic E-state index is 5.89. The molecular formula is C15H25IN4O2. The van der Waals surface area contributed by atoms with Crippen LogP contribution in [0.1, 0.15) is 13.3 Å². The van der Waals surface area contributed by atoms with Gasteiger partial charge in [0.05, 0.1) is 19.8 Å². The summed E-state index contributed by atoms with van der Waals surface area (Å²) in [6, 6.07) is 5.69. The van der Waals surface area contributed by atoms with Gasteiger partial charge in [0, 0.05) is 24.7 Å². The lowest BCUT2D eigenvalue weighted by Gasteiger charge is -2.13. The number of fused-ring (bicyclic) bond motifs is 1. The van der Waals surface area contributed by atoms with Crippen molar-refractivity contribution in [1.29, 1.82) is 0 Å². The number of nitrogens with one attached hydrogen (secondary N) is 1. The summed E-state index contributed by atoms with van der Waals surface area (Å²) in [7, 11) is 2.06. The summed E-state index contributed by atoms with van der Waals surface area (Å²) in [4.78, 5) is 6.49. The number of benzene rings is 1. The molecule has 0 amide bonds. The largest absolute Gasteiger partial charge is 0.490 e. The monoisotopic (exact) mass is 420 g/mol. The number of hydrogen-bond donors (Lipinski definition) is 2. The van der Waals surface area contributed by atoms with Gasteiger partial charge < -0.3 is 25.4 Å². The third-order valence-electron chi connectivity index (χ3n) is 3.32. The molecule has 0 atom stereocenters. The van der Waals surface area contributed by atoms with Crippen LogP contribution in [0.15, 0.2) is 23.2 Å². The molecule has 1 aliphatic heterocycles. The predicted octanol–water partition coefficient (Wildman–Crippen LogP) is 2.14. The molecule has 0 bridgehead atoms. The third-order valence-corrected chi connectivity index (χ3v) is 3.32. The van der Waals surface area contributed by atoms with Gasteiger partial charge in [0.15, 0.2) is 17.5 Å². The highest BCUT2D eigenvalue weighted by Gasteiger charge is 2.10. The Hall–Kier alpha value is -1.22. The number of nitrogens with two attached hydrogens (primary N) is 1. The average molecular weight is 420 g/mol. The van der Waals surface area contributed by atoms with E-state index in [2.05, 4.69) is 29.2 Å². The number of halogens is 1. The Morgan fingerprint density at radius 1 is 1.32 bits per heavy atom. The lowest BCUT2D eigenvalue weighted by molar-refractivity contribution is 0.297. The molecule has 0 saturated carbocycles. The molecule has 0 aliphatic carbocycles. The van der Waals surface area contributed by atoms with Crippen molar-refractivity contribution < 1.29 is 9.47 Å². The van der Waals surface area contributed by atoms with E-state index in [1.54, 1.807) is 0 Å². The second-order valence-electron chi connectivity index (χ2n) is 5.00. The van der Waals surface area contributed by atoms with Crippen LogP contribution < -0.4 is 20.5 Å². The highest BCUT2D eigenvalue weighted by molar-refractivity contribution is 14.0. The fourth-order valence-electron chi connectivity index (χ4n) is 1.93. The zero-order valence-corrected chi connectivity index (χ0v) is 15.5. The Morgan fingerprint density at radius 3 is 2.77 bits per heavy atom. The van der Waals surface area contributed by atoms with E-state index < -0.39 is 0 Å². The van der Waals surface area contributed by atoms with E-state index in [9.17, 15) is 0 Å². The van der Waals surface area contributed by atoms with E-state index >= 15 is 0 Å². The van der Waals surface area contributed by atoms with Gasteiger partial charge in [-0.15, -0.1) is 24.0 Å². The van der Waals surface area contributed by atoms with Crippen molar-refractivity contribution >= 4 is 35.6 Å². The first-order valence-electron chi connectivity index (χ1n) is 7.34. The van der Waals surface area contributed by atoms with Crippen LogP contribution >= 0.6 is 24.0 Å². The van der Waals surface area contributed by atoms with Gasteiger partial charge in [-0.1, -0.05) is 6.92 Å². The number of ether oxygens (including phenoxy) is 2. The van der Waals surface area contributed by atoms with Crippen molar-refractivity contribution in [3.8, 4) is 11.5 Å². The van der Waals surface area contributed by atoms with E-state index in [1.807, 2.05) is 18.2 Å². The number of hydrogen-bond acceptors (Lipinski definition) is 4. The van der Waals surface area contributed by atoms with Gasteiger partial charge in [-0.25, -0.2) is 0 Å². The fourth-order valence-corrected chi connectivity index (χ4v) is 1.93. The molecule has 0 spiro atoms. The lowest BCUT2D eigenvalue weighted by atomic mass is 10.3. The Bertz CT molecular complexity index is 496. The van der Waals surface area contributed by atoms with Crippen LogP contribution in [0.3, 0.4) is 0 Å². The molecule has 1 aromatic carbocycles. The molecule has 0 saturated heterocycles. The van der Waals surface area contributed by atoms with Gasteiger partial charge in [-0.05, 0) is 25.7 Å². The molecule has 0 fully saturated rings. The molecule has 0 unspecified atom stereocenters. The van der Waals surface area contributed by atoms with Gasteiger partial charge in [0.1, 0.15) is 0 Å². The van der Waals surface area contributed by atoms with E-state index in [1.165, 1.54) is 0 Å². The zero-order valence-electron chi connectivity index (χ0n) is 13.2. The second kappa shape index (κ2) is 9.73. The Kier molecular flexibility index (Phi) is 8.32. The SMILES string of the molecule is CCN(C)CCN=C(N)Nc1ccc2c(c1)OCCCO2.I. The molecule has 1 aliphatic rings. The number of anilines is 1. The fraction of sp³-hybridized carbons (Fsp3) is 0.533. The van der Waals surface area contributed by atoms with Crippen molar-refractivity contribution in [2.75, 3.05) is 45.2 Å². The first-order valence-corrected chi connectivity index (χ1v) is 7.34. The predicted molar refractivity (Wildman–Crippen MR) is 101 cm³/mol. The lowest BCUT2D eigenvalue weighted by Crippen LogP contribution is -2.26. The number of nitrogens with zero attached hydrogens (tertiary/aromatic N) is 2. The highest BCUT2D eigenvalue weighted by atomic mass is 127. The average Bonchev–Trinajstić information content (AvgIpc) is 2.71. The number of guanidine groups is 1. The van der Waals surface area contributed by atoms with E-state index in [0.29, 0.717) is 25.7 Å². The van der Waals surface area contributed by atoms with Crippen molar-refractivity contribution in [2.24, 2.45) is 10.7 Å². The van der Waals surface area contributed by atoms with Crippen LogP contribution in [0, 0.1) is 0 Å². The molecular weight excluding hydrogens is 395 g/mol. The van der Waals surface area contributed by atoms with Crippen LogP contribution in [0.25, 0.3) is 0 Å². The van der Waals surface area contributed by atoms with Gasteiger partial charge in [-0.3, -0.25) is 4.99 Å². The second-order valence-corrected chi connectivity index (χ2v) is 5.00. The number of aliphatic imine (C=N–C) groups is 1. The van der Waals surface area contributed by atoms with Crippen LogP contribution in [-0.2, 0) is 0 Å². The van der Waals surface area contributed by atoms with Crippen LogP contribution in [0.4, 0.5) is 5.69 Å². The maximum absolute atomic E-state index is 5.89. The molecule has 6 nitrogen and oxygen atoms in total. The van der Waals surface area contributed by atoms with Gasteiger partial charge >= 0.3 is 0 Å². The standard InChI is InChI=1S/C15H24N4O2.HI/c1-3-19(2)8-7-17-15(16)18-12-5-6-13-14(11-12)21-10-4-9-20-13;/h5-6,11H,3-4,7-10H2,1-2H3,(H3,16,17,18);1H. The Labute approximate surface area is 149 Å². The minimum Gasteiger partial charge on any atom is -0.490 e. The molecule has 0 aromatic heterocycles. The summed E-state index contributed by atoms with van der Waals surface area (Å²) in [5.74, 6) is 1.93. The summed E-state index contributed by atoms with van der Waals surface area (Å²) in [5, 5.41) is 3.08. The maximum Gasteiger partial charge on any atom is 0.193 e. The van der Waals surface area contributed by atoms with E-state index in [4.69, 9.17) is 15.2 Å². The summed E-state index contributed by atoms with van der Waals surface area (Å²) < 4.78 is 11.2. The minimum absolute atomic E-state index is 0. The molecule has 124 valence electrons. The Balaban J connectivity index is 0.00000242. The highest BCUT2D eigenvalue weighted by Crippen LogP contribution is 2.32. The van der Waals surface area contributed by atoms with Gasteiger partial charge in [0.2, 0.25) is 0 Å². The van der Waals surface area contributed by atoms with Crippen molar-refractivity contribution in [2.45, 2.75) is 13.3 Å². The molecule has 3 N–H and O–H groups in total. The molecule has 1 aromatic rings. The normalized spacial score (nSPS) is 14.2. The first kappa shape index (κ1) is 18.8. The first-order chi connectivity index (χ1) is 10.2. The van der Waals surface area contributed by atoms with E-state index in [0.717, 1.165) is 36.7 Å². The summed E-state index contributed by atoms with van der Waals surface area (Å²) in [6.07, 6.45) is 0.895. The van der Waals surface area contributed by atoms with Crippen LogP contribution in [0.5, 0.6) is 11.5 Å². The summed E-state index contributed by atoms with van der Waals surface area (Å²) >= 11 is 0. The zero-order chi connectivity index (χ0) is 15.1. The van der Waals surface area contributed by atoms with Crippen LogP contribution in [-0.4, -0.2) is 50.8 Å². The van der Waals surface area contributed by atoms with Crippen molar-refractivity contribution in [3.63, 3.8) is 0 Å². The molecule has 22 heavy (non-hydrogen) atoms. The molecule has 1 heterocycles. The molecule has 0 radical (unpaired) electrons. The van der Waals surface area contributed by atoms with Crippen molar-refractivity contribution in [3.05, 3.63) is 18.2 Å². The summed E-state index contributed by atoms with van der Waals surface area (Å²) in [6.45, 7) is 6.04. The smallest absolute Gasteiger partial charge is 0.193 e. The molecule has 7 heteroatoms. The Morgan fingerprint density at radius 2 is 2.05 bits per heavy atom. The van der Waals surface area contributed by atoms with Crippen LogP contribution in [0.2, 0.25) is 0 Å². The van der Waals surface area contributed by atoms with Gasteiger partial charge in [0.25, 0.3) is 0 Å². The van der Waals surface area contributed by atoms with Gasteiger partial charge in [-0.2, -0.15) is 0 Å².